The molecule has 0 saturated heterocycles. The maximum atomic E-state index is 11.6. The van der Waals surface area contributed by atoms with E-state index < -0.39 is 11.4 Å². The third-order valence-corrected chi connectivity index (χ3v) is 5.54. The summed E-state index contributed by atoms with van der Waals surface area (Å²) in [6, 6.07) is 12.0. The van der Waals surface area contributed by atoms with Gasteiger partial charge in [0.05, 0.1) is 12.0 Å². The molecule has 2 fully saturated rings. The molecule has 3 rings (SSSR count). The van der Waals surface area contributed by atoms with Crippen molar-refractivity contribution in [1.82, 2.24) is 0 Å². The Morgan fingerprint density at radius 3 is 2.21 bits per heavy atom. The van der Waals surface area contributed by atoms with Crippen LogP contribution in [0.5, 0.6) is 0 Å². The molecule has 0 aromatic heterocycles. The normalized spacial score (nSPS) is 34.8. The average Bonchev–Trinajstić information content (AvgIpc) is 2.54. The Kier molecular flexibility index (Phi) is 6.45. The Labute approximate surface area is 146 Å². The summed E-state index contributed by atoms with van der Waals surface area (Å²) < 4.78 is 5.68. The van der Waals surface area contributed by atoms with E-state index >= 15 is 0 Å². The smallest absolute Gasteiger partial charge is 0.309 e. The average molecular weight is 332 g/mol. The molecule has 2 aliphatic rings. The van der Waals surface area contributed by atoms with E-state index in [1.165, 1.54) is 12.8 Å². The van der Waals surface area contributed by atoms with E-state index in [1.54, 1.807) is 0 Å². The van der Waals surface area contributed by atoms with E-state index in [0.29, 0.717) is 11.8 Å². The first-order valence-corrected chi connectivity index (χ1v) is 9.20. The first-order valence-electron chi connectivity index (χ1n) is 9.20. The minimum atomic E-state index is -0.623. The van der Waals surface area contributed by atoms with E-state index in [4.69, 9.17) is 4.74 Å². The molecular weight excluding hydrogens is 300 g/mol. The SMILES string of the molecule is CCOCC12CC(C)CC(C1)CC(C)(C(=O)O)C2.c1ccccc1. The van der Waals surface area contributed by atoms with Crippen LogP contribution in [0.25, 0.3) is 0 Å². The quantitative estimate of drug-likeness (QED) is 0.842. The van der Waals surface area contributed by atoms with Gasteiger partial charge in [0.25, 0.3) is 0 Å². The van der Waals surface area contributed by atoms with Crippen LogP contribution in [0, 0.1) is 22.7 Å². The van der Waals surface area contributed by atoms with Crippen LogP contribution < -0.4 is 0 Å². The Morgan fingerprint density at radius 2 is 1.71 bits per heavy atom. The largest absolute Gasteiger partial charge is 0.481 e. The van der Waals surface area contributed by atoms with Crippen LogP contribution in [0.3, 0.4) is 0 Å². The highest BCUT2D eigenvalue weighted by atomic mass is 16.5. The zero-order chi connectivity index (χ0) is 17.6. The highest BCUT2D eigenvalue weighted by Gasteiger charge is 2.52. The molecule has 24 heavy (non-hydrogen) atoms. The first-order chi connectivity index (χ1) is 11.4. The zero-order valence-electron chi connectivity index (χ0n) is 15.3. The summed E-state index contributed by atoms with van der Waals surface area (Å²) in [5.74, 6) is 0.661. The molecule has 1 N–H and O–H groups in total. The molecule has 0 aliphatic heterocycles. The molecule has 3 heteroatoms. The fourth-order valence-electron chi connectivity index (χ4n) is 5.04. The monoisotopic (exact) mass is 332 g/mol. The van der Waals surface area contributed by atoms with Gasteiger partial charge in [-0.3, -0.25) is 4.79 Å². The van der Waals surface area contributed by atoms with Crippen LogP contribution in [0.15, 0.2) is 36.4 Å². The van der Waals surface area contributed by atoms with E-state index in [1.807, 2.05) is 50.2 Å². The summed E-state index contributed by atoms with van der Waals surface area (Å²) >= 11 is 0. The number of benzene rings is 1. The van der Waals surface area contributed by atoms with Crippen molar-refractivity contribution in [3.05, 3.63) is 36.4 Å². The summed E-state index contributed by atoms with van der Waals surface area (Å²) in [6.45, 7) is 7.71. The molecular formula is C21H32O3. The van der Waals surface area contributed by atoms with E-state index in [0.717, 1.165) is 32.5 Å². The van der Waals surface area contributed by atoms with Crippen molar-refractivity contribution in [1.29, 1.82) is 0 Å². The Balaban J connectivity index is 0.000000292. The number of rotatable bonds is 4. The summed E-state index contributed by atoms with van der Waals surface area (Å²) in [5.41, 5.74) is -0.427. The molecule has 4 atom stereocenters. The van der Waals surface area contributed by atoms with Crippen molar-refractivity contribution in [3.8, 4) is 0 Å². The standard InChI is InChI=1S/C15H26O3.C6H6/c1-4-18-10-15-6-11(2)5-12(8-15)7-14(3,9-15)13(16)17;1-2-4-6-5-3-1/h11-12H,4-10H2,1-3H3,(H,16,17);1-6H. The fourth-order valence-corrected chi connectivity index (χ4v) is 5.04. The third-order valence-electron chi connectivity index (χ3n) is 5.54. The Bertz CT molecular complexity index is 484. The second-order valence-corrected chi connectivity index (χ2v) is 8.15. The molecule has 0 spiro atoms. The van der Waals surface area contributed by atoms with Crippen LogP contribution in [0.2, 0.25) is 0 Å². The number of hydrogen-bond acceptors (Lipinski definition) is 2. The number of carboxylic acid groups (broad SMARTS) is 1. The zero-order valence-corrected chi connectivity index (χ0v) is 15.3. The number of hydrogen-bond donors (Lipinski definition) is 1. The lowest BCUT2D eigenvalue weighted by Gasteiger charge is -2.52. The van der Waals surface area contributed by atoms with Crippen LogP contribution >= 0.6 is 0 Å². The molecule has 3 nitrogen and oxygen atoms in total. The molecule has 2 aliphatic carbocycles. The number of aliphatic carboxylic acids is 1. The summed E-state index contributed by atoms with van der Waals surface area (Å²) in [5, 5.41) is 9.52. The number of carbonyl (C=O) groups is 1. The highest BCUT2D eigenvalue weighted by Crippen LogP contribution is 2.57. The molecule has 1 aromatic rings. The maximum absolute atomic E-state index is 11.6. The lowest BCUT2D eigenvalue weighted by atomic mass is 9.52. The van der Waals surface area contributed by atoms with Gasteiger partial charge in [-0.15, -0.1) is 0 Å². The van der Waals surface area contributed by atoms with Crippen molar-refractivity contribution in [2.45, 2.75) is 52.9 Å². The minimum absolute atomic E-state index is 0.115. The molecule has 2 bridgehead atoms. The van der Waals surface area contributed by atoms with Crippen molar-refractivity contribution < 1.29 is 14.6 Å². The van der Waals surface area contributed by atoms with Gasteiger partial charge >= 0.3 is 5.97 Å². The summed E-state index contributed by atoms with van der Waals surface area (Å²) in [7, 11) is 0. The molecule has 1 aromatic carbocycles. The minimum Gasteiger partial charge on any atom is -0.481 e. The number of carboxylic acids is 1. The molecule has 134 valence electrons. The van der Waals surface area contributed by atoms with Gasteiger partial charge in [0.15, 0.2) is 0 Å². The van der Waals surface area contributed by atoms with Gasteiger partial charge in [0.2, 0.25) is 0 Å². The van der Waals surface area contributed by atoms with Crippen molar-refractivity contribution in [2.24, 2.45) is 22.7 Å². The predicted molar refractivity (Wildman–Crippen MR) is 96.8 cm³/mol. The fraction of sp³-hybridized carbons (Fsp3) is 0.667. The molecule has 2 saturated carbocycles. The molecule has 0 amide bonds. The van der Waals surface area contributed by atoms with Gasteiger partial charge in [0, 0.05) is 6.61 Å². The molecule has 0 heterocycles. The van der Waals surface area contributed by atoms with Crippen molar-refractivity contribution in [3.63, 3.8) is 0 Å². The summed E-state index contributed by atoms with van der Waals surface area (Å²) in [4.78, 5) is 11.6. The lowest BCUT2D eigenvalue weighted by molar-refractivity contribution is -0.160. The van der Waals surface area contributed by atoms with Crippen LogP contribution in [0.4, 0.5) is 0 Å². The second kappa shape index (κ2) is 8.15. The van der Waals surface area contributed by atoms with Crippen molar-refractivity contribution >= 4 is 5.97 Å². The Morgan fingerprint density at radius 1 is 1.12 bits per heavy atom. The van der Waals surface area contributed by atoms with E-state index in [-0.39, 0.29) is 5.41 Å². The summed E-state index contributed by atoms with van der Waals surface area (Å²) in [6.07, 6.45) is 5.13. The second-order valence-electron chi connectivity index (χ2n) is 8.15. The van der Waals surface area contributed by atoms with Gasteiger partial charge in [0.1, 0.15) is 0 Å². The topological polar surface area (TPSA) is 46.5 Å². The lowest BCUT2D eigenvalue weighted by Crippen LogP contribution is -2.49. The van der Waals surface area contributed by atoms with E-state index in [2.05, 4.69) is 6.92 Å². The highest BCUT2D eigenvalue weighted by molar-refractivity contribution is 5.74. The first kappa shape index (κ1) is 19.0. The van der Waals surface area contributed by atoms with Crippen LogP contribution in [-0.4, -0.2) is 24.3 Å². The van der Waals surface area contributed by atoms with Gasteiger partial charge in [-0.25, -0.2) is 0 Å². The van der Waals surface area contributed by atoms with Gasteiger partial charge in [-0.05, 0) is 63.2 Å². The Hall–Kier alpha value is -1.35. The van der Waals surface area contributed by atoms with Gasteiger partial charge in [-0.2, -0.15) is 0 Å². The number of ether oxygens (including phenoxy) is 1. The van der Waals surface area contributed by atoms with Gasteiger partial charge < -0.3 is 9.84 Å². The third kappa shape index (κ3) is 4.83. The predicted octanol–water partition coefficient (Wildman–Crippen LogP) is 5.02. The van der Waals surface area contributed by atoms with E-state index in [9.17, 15) is 9.90 Å². The van der Waals surface area contributed by atoms with Crippen LogP contribution in [-0.2, 0) is 9.53 Å². The number of fused-ring (bicyclic) bond motifs is 2. The maximum Gasteiger partial charge on any atom is 0.309 e. The van der Waals surface area contributed by atoms with Gasteiger partial charge in [-0.1, -0.05) is 43.3 Å². The molecule has 4 unspecified atom stereocenters. The molecule has 0 radical (unpaired) electrons. The van der Waals surface area contributed by atoms with Crippen LogP contribution in [0.1, 0.15) is 52.9 Å². The van der Waals surface area contributed by atoms with Crippen molar-refractivity contribution in [2.75, 3.05) is 13.2 Å².